The highest BCUT2D eigenvalue weighted by molar-refractivity contribution is 5.75. The van der Waals surface area contributed by atoms with Crippen LogP contribution in [0.15, 0.2) is 0 Å². The Balaban J connectivity index is 0.000000810. The summed E-state index contributed by atoms with van der Waals surface area (Å²) in [5.41, 5.74) is -0.389. The molecule has 0 amide bonds. The number of carbonyl (C=O) groups is 1. The summed E-state index contributed by atoms with van der Waals surface area (Å²) in [7, 11) is 0. The molecule has 0 aliphatic heterocycles. The molecule has 2 nitrogen and oxygen atoms in total. The standard InChI is InChI=1S/C7H12O2.Al.3H/c1-7(6(8)9)4-2-3-5-7;;;;/h2-5H2,1H3,(H,8,9);;;;. The first-order chi connectivity index (χ1) is 4.15. The molecule has 58 valence electrons. The smallest absolute Gasteiger partial charge is 0.309 e. The third kappa shape index (κ3) is 1.74. The van der Waals surface area contributed by atoms with Crippen molar-refractivity contribution in [2.45, 2.75) is 32.6 Å². The first-order valence-electron chi connectivity index (χ1n) is 3.38. The van der Waals surface area contributed by atoms with Gasteiger partial charge in [-0.2, -0.15) is 0 Å². The molecular formula is C7H15AlO2. The average molecular weight is 158 g/mol. The fourth-order valence-electron chi connectivity index (χ4n) is 1.37. The quantitative estimate of drug-likeness (QED) is 0.563. The molecule has 0 unspecified atom stereocenters. The molecular weight excluding hydrogens is 143 g/mol. The van der Waals surface area contributed by atoms with Gasteiger partial charge < -0.3 is 5.11 Å². The van der Waals surface area contributed by atoms with Crippen LogP contribution >= 0.6 is 0 Å². The maximum atomic E-state index is 10.5. The van der Waals surface area contributed by atoms with Crippen molar-refractivity contribution in [3.8, 4) is 0 Å². The number of rotatable bonds is 1. The normalized spacial score (nSPS) is 21.7. The van der Waals surface area contributed by atoms with Crippen LogP contribution in [0.3, 0.4) is 0 Å². The van der Waals surface area contributed by atoms with Crippen LogP contribution in [0.25, 0.3) is 0 Å². The fourth-order valence-corrected chi connectivity index (χ4v) is 1.37. The van der Waals surface area contributed by atoms with E-state index < -0.39 is 5.97 Å². The van der Waals surface area contributed by atoms with E-state index in [-0.39, 0.29) is 22.8 Å². The maximum Gasteiger partial charge on any atom is 0.309 e. The van der Waals surface area contributed by atoms with E-state index in [2.05, 4.69) is 0 Å². The van der Waals surface area contributed by atoms with Crippen LogP contribution in [0.4, 0.5) is 0 Å². The maximum absolute atomic E-state index is 10.5. The zero-order chi connectivity index (χ0) is 6.91. The van der Waals surface area contributed by atoms with Gasteiger partial charge >= 0.3 is 5.97 Å². The van der Waals surface area contributed by atoms with E-state index in [1.807, 2.05) is 6.92 Å². The molecule has 1 fully saturated rings. The highest BCUT2D eigenvalue weighted by Crippen LogP contribution is 2.37. The second kappa shape index (κ2) is 3.41. The first-order valence-corrected chi connectivity index (χ1v) is 3.38. The molecule has 0 aromatic carbocycles. The minimum atomic E-state index is -0.625. The van der Waals surface area contributed by atoms with Gasteiger partial charge in [0.05, 0.1) is 5.41 Å². The molecule has 1 aliphatic rings. The Labute approximate surface area is 71.8 Å². The monoisotopic (exact) mass is 158 g/mol. The Bertz CT molecular complexity index is 128. The molecule has 1 saturated carbocycles. The molecule has 0 saturated heterocycles. The number of hydrogen-bond acceptors (Lipinski definition) is 1. The molecule has 0 bridgehead atoms. The molecule has 0 heterocycles. The largest absolute Gasteiger partial charge is 0.481 e. The van der Waals surface area contributed by atoms with Crippen LogP contribution < -0.4 is 0 Å². The van der Waals surface area contributed by atoms with Crippen molar-refractivity contribution in [2.75, 3.05) is 0 Å². The average Bonchev–Trinajstić information content (AvgIpc) is 2.16. The van der Waals surface area contributed by atoms with Crippen LogP contribution in [0.1, 0.15) is 32.6 Å². The van der Waals surface area contributed by atoms with Crippen LogP contribution in [0.5, 0.6) is 0 Å². The number of aliphatic carboxylic acids is 1. The van der Waals surface area contributed by atoms with E-state index in [1.54, 1.807) is 0 Å². The van der Waals surface area contributed by atoms with Crippen LogP contribution in [-0.2, 0) is 4.79 Å². The molecule has 10 heavy (non-hydrogen) atoms. The highest BCUT2D eigenvalue weighted by atomic mass is 27.0. The summed E-state index contributed by atoms with van der Waals surface area (Å²) in [6, 6.07) is 0. The zero-order valence-corrected chi connectivity index (χ0v) is 5.68. The van der Waals surface area contributed by atoms with Gasteiger partial charge in [0, 0.05) is 0 Å². The van der Waals surface area contributed by atoms with Gasteiger partial charge in [0.15, 0.2) is 17.4 Å². The van der Waals surface area contributed by atoms with E-state index in [9.17, 15) is 4.79 Å². The van der Waals surface area contributed by atoms with E-state index in [1.165, 1.54) is 0 Å². The Morgan fingerprint density at radius 2 is 1.80 bits per heavy atom. The lowest BCUT2D eigenvalue weighted by atomic mass is 9.89. The van der Waals surface area contributed by atoms with E-state index in [0.717, 1.165) is 25.7 Å². The van der Waals surface area contributed by atoms with E-state index in [4.69, 9.17) is 5.11 Å². The second-order valence-corrected chi connectivity index (χ2v) is 3.07. The number of hydrogen-bond donors (Lipinski definition) is 1. The molecule has 1 aliphatic carbocycles. The molecule has 1 rings (SSSR count). The van der Waals surface area contributed by atoms with Gasteiger partial charge in [0.25, 0.3) is 0 Å². The van der Waals surface area contributed by atoms with Crippen molar-refractivity contribution >= 4 is 23.3 Å². The number of carboxylic acids is 1. The molecule has 1 N–H and O–H groups in total. The highest BCUT2D eigenvalue weighted by Gasteiger charge is 2.35. The van der Waals surface area contributed by atoms with Gasteiger partial charge in [-0.25, -0.2) is 0 Å². The summed E-state index contributed by atoms with van der Waals surface area (Å²) >= 11 is 0. The van der Waals surface area contributed by atoms with Crippen LogP contribution in [0, 0.1) is 5.41 Å². The van der Waals surface area contributed by atoms with E-state index >= 15 is 0 Å². The molecule has 0 atom stereocenters. The Hall–Kier alpha value is 0.00247. The van der Waals surface area contributed by atoms with Crippen molar-refractivity contribution in [1.29, 1.82) is 0 Å². The van der Waals surface area contributed by atoms with Gasteiger partial charge in [0.1, 0.15) is 0 Å². The predicted octanol–water partition coefficient (Wildman–Crippen LogP) is 0.467. The Morgan fingerprint density at radius 3 is 2.00 bits per heavy atom. The topological polar surface area (TPSA) is 37.3 Å². The van der Waals surface area contributed by atoms with Crippen LogP contribution in [0.2, 0.25) is 0 Å². The number of carboxylic acid groups (broad SMARTS) is 1. The lowest BCUT2D eigenvalue weighted by Crippen LogP contribution is -2.23. The minimum Gasteiger partial charge on any atom is -0.481 e. The van der Waals surface area contributed by atoms with Crippen molar-refractivity contribution < 1.29 is 9.90 Å². The van der Waals surface area contributed by atoms with Crippen molar-refractivity contribution in [2.24, 2.45) is 5.41 Å². The van der Waals surface area contributed by atoms with Gasteiger partial charge in [-0.05, 0) is 19.8 Å². The summed E-state index contributed by atoms with van der Waals surface area (Å²) in [4.78, 5) is 10.5. The van der Waals surface area contributed by atoms with Gasteiger partial charge in [-0.3, -0.25) is 4.79 Å². The van der Waals surface area contributed by atoms with Crippen molar-refractivity contribution in [3.05, 3.63) is 0 Å². The van der Waals surface area contributed by atoms with E-state index in [0.29, 0.717) is 0 Å². The molecule has 3 heteroatoms. The second-order valence-electron chi connectivity index (χ2n) is 3.07. The Kier molecular flexibility index (Phi) is 3.41. The molecule has 0 radical (unpaired) electrons. The third-order valence-electron chi connectivity index (χ3n) is 2.22. The fraction of sp³-hybridized carbons (Fsp3) is 0.857. The van der Waals surface area contributed by atoms with Crippen molar-refractivity contribution in [3.63, 3.8) is 0 Å². The summed E-state index contributed by atoms with van der Waals surface area (Å²) < 4.78 is 0. The van der Waals surface area contributed by atoms with Crippen molar-refractivity contribution in [1.82, 2.24) is 0 Å². The summed E-state index contributed by atoms with van der Waals surface area (Å²) in [6.07, 6.45) is 3.90. The molecule has 0 aromatic heterocycles. The molecule has 0 spiro atoms. The first kappa shape index (κ1) is 10.0. The summed E-state index contributed by atoms with van der Waals surface area (Å²) in [5.74, 6) is -0.625. The molecule has 0 aromatic rings. The van der Waals surface area contributed by atoms with Crippen LogP contribution in [-0.4, -0.2) is 28.4 Å². The van der Waals surface area contributed by atoms with Gasteiger partial charge in [0.2, 0.25) is 0 Å². The lowest BCUT2D eigenvalue weighted by molar-refractivity contribution is -0.147. The van der Waals surface area contributed by atoms with Gasteiger partial charge in [-0.1, -0.05) is 12.8 Å². The predicted molar refractivity (Wildman–Crippen MR) is 44.1 cm³/mol. The Morgan fingerprint density at radius 1 is 1.40 bits per heavy atom. The summed E-state index contributed by atoms with van der Waals surface area (Å²) in [6.45, 7) is 1.84. The summed E-state index contributed by atoms with van der Waals surface area (Å²) in [5, 5.41) is 8.67. The third-order valence-corrected chi connectivity index (χ3v) is 2.22. The minimum absolute atomic E-state index is 0. The zero-order valence-electron chi connectivity index (χ0n) is 5.68. The lowest BCUT2D eigenvalue weighted by Gasteiger charge is -2.15. The SMILES string of the molecule is CC1(C(=O)O)CCCC1.[AlH3]. The van der Waals surface area contributed by atoms with Gasteiger partial charge in [-0.15, -0.1) is 0 Å².